The van der Waals surface area contributed by atoms with Gasteiger partial charge in [0.1, 0.15) is 17.7 Å². The summed E-state index contributed by atoms with van der Waals surface area (Å²) < 4.78 is 18.7. The molecule has 1 heterocycles. The fourth-order valence-electron chi connectivity index (χ4n) is 1.48. The number of aldehydes is 1. The Morgan fingerprint density at radius 1 is 1.58 bits per heavy atom. The molecule has 0 aliphatic rings. The fraction of sp³-hybridized carbons (Fsp3) is 0.462. The predicted molar refractivity (Wildman–Crippen MR) is 67.0 cm³/mol. The minimum Gasteiger partial charge on any atom is -0.444 e. The molecule has 0 saturated heterocycles. The molecule has 0 radical (unpaired) electrons. The summed E-state index contributed by atoms with van der Waals surface area (Å²) in [5.41, 5.74) is -0.458. The van der Waals surface area contributed by atoms with Gasteiger partial charge in [0.05, 0.1) is 12.2 Å². The zero-order valence-electron chi connectivity index (χ0n) is 11.1. The van der Waals surface area contributed by atoms with Gasteiger partial charge in [-0.2, -0.15) is 0 Å². The molecule has 1 atom stereocenters. The molecule has 1 N–H and O–H groups in total. The molecule has 0 aliphatic carbocycles. The molecule has 104 valence electrons. The topological polar surface area (TPSA) is 68.3 Å². The Bertz CT molecular complexity index is 457. The van der Waals surface area contributed by atoms with Crippen molar-refractivity contribution in [2.75, 3.05) is 0 Å². The van der Waals surface area contributed by atoms with Gasteiger partial charge in [-0.15, -0.1) is 0 Å². The standard InChI is InChI=1S/C13H17FN2O3/c1-13(2,3)19-12(18)16-11(5-7-17)9-4-6-15-8-10(9)14/h4,6-8,11H,5H2,1-3H3,(H,16,18)/t11-/m1/s1. The maximum absolute atomic E-state index is 13.6. The van der Waals surface area contributed by atoms with Gasteiger partial charge in [-0.1, -0.05) is 0 Å². The van der Waals surface area contributed by atoms with Crippen LogP contribution in [0, 0.1) is 5.82 Å². The number of ether oxygens (including phenoxy) is 1. The summed E-state index contributed by atoms with van der Waals surface area (Å²) in [6.45, 7) is 5.15. The van der Waals surface area contributed by atoms with Crippen LogP contribution in [0.4, 0.5) is 9.18 Å². The van der Waals surface area contributed by atoms with E-state index in [0.717, 1.165) is 6.20 Å². The molecule has 1 aromatic rings. The summed E-state index contributed by atoms with van der Waals surface area (Å²) >= 11 is 0. The predicted octanol–water partition coefficient (Wildman–Crippen LogP) is 2.38. The van der Waals surface area contributed by atoms with Crippen molar-refractivity contribution in [2.24, 2.45) is 0 Å². The minimum absolute atomic E-state index is 0.0415. The molecule has 5 nitrogen and oxygen atoms in total. The number of pyridine rings is 1. The third-order valence-corrected chi connectivity index (χ3v) is 2.20. The number of halogens is 1. The Kier molecular flexibility index (Phi) is 4.97. The first kappa shape index (κ1) is 15.1. The van der Waals surface area contributed by atoms with Crippen LogP contribution in [0.15, 0.2) is 18.5 Å². The molecule has 1 aromatic heterocycles. The first-order valence-corrected chi connectivity index (χ1v) is 5.86. The summed E-state index contributed by atoms with van der Waals surface area (Å²) in [4.78, 5) is 25.9. The summed E-state index contributed by atoms with van der Waals surface area (Å²) in [6, 6.07) is 0.649. The van der Waals surface area contributed by atoms with Crippen molar-refractivity contribution < 1.29 is 18.7 Å². The van der Waals surface area contributed by atoms with Gasteiger partial charge in [0.15, 0.2) is 0 Å². The van der Waals surface area contributed by atoms with E-state index in [2.05, 4.69) is 10.3 Å². The number of carbonyl (C=O) groups is 2. The average Bonchev–Trinajstić information content (AvgIpc) is 2.26. The normalized spacial score (nSPS) is 12.6. The van der Waals surface area contributed by atoms with Crippen molar-refractivity contribution in [3.05, 3.63) is 29.8 Å². The van der Waals surface area contributed by atoms with Gasteiger partial charge < -0.3 is 14.8 Å². The largest absolute Gasteiger partial charge is 0.444 e. The average molecular weight is 268 g/mol. The number of rotatable bonds is 4. The Hall–Kier alpha value is -1.98. The molecule has 1 rings (SSSR count). The van der Waals surface area contributed by atoms with Gasteiger partial charge in [0.25, 0.3) is 0 Å². The summed E-state index contributed by atoms with van der Waals surface area (Å²) in [7, 11) is 0. The van der Waals surface area contributed by atoms with Gasteiger partial charge in [0.2, 0.25) is 0 Å². The number of nitrogens with one attached hydrogen (secondary N) is 1. The zero-order chi connectivity index (χ0) is 14.5. The number of aromatic nitrogens is 1. The second-order valence-electron chi connectivity index (χ2n) is 5.00. The van der Waals surface area contributed by atoms with E-state index in [9.17, 15) is 14.0 Å². The zero-order valence-corrected chi connectivity index (χ0v) is 11.1. The highest BCUT2D eigenvalue weighted by Crippen LogP contribution is 2.19. The SMILES string of the molecule is CC(C)(C)OC(=O)N[C@H](CC=O)c1ccncc1F. The van der Waals surface area contributed by atoms with Gasteiger partial charge in [-0.3, -0.25) is 4.98 Å². The molecule has 1 amide bonds. The Morgan fingerprint density at radius 2 is 2.26 bits per heavy atom. The van der Waals surface area contributed by atoms with Crippen molar-refractivity contribution in [1.29, 1.82) is 0 Å². The van der Waals surface area contributed by atoms with Crippen molar-refractivity contribution in [3.8, 4) is 0 Å². The summed E-state index contributed by atoms with van der Waals surface area (Å²) in [5.74, 6) is -0.578. The van der Waals surface area contributed by atoms with E-state index < -0.39 is 23.6 Å². The maximum atomic E-state index is 13.6. The number of amides is 1. The second-order valence-corrected chi connectivity index (χ2v) is 5.00. The fourth-order valence-corrected chi connectivity index (χ4v) is 1.48. The highest BCUT2D eigenvalue weighted by Gasteiger charge is 2.22. The van der Waals surface area contributed by atoms with E-state index in [4.69, 9.17) is 4.74 Å². The van der Waals surface area contributed by atoms with Crippen molar-refractivity contribution in [2.45, 2.75) is 38.8 Å². The lowest BCUT2D eigenvalue weighted by Gasteiger charge is -2.23. The first-order chi connectivity index (χ1) is 8.83. The first-order valence-electron chi connectivity index (χ1n) is 5.86. The number of carbonyl (C=O) groups excluding carboxylic acids is 2. The van der Waals surface area contributed by atoms with Gasteiger partial charge in [-0.05, 0) is 26.8 Å². The molecule has 6 heteroatoms. The molecule has 19 heavy (non-hydrogen) atoms. The highest BCUT2D eigenvalue weighted by molar-refractivity contribution is 5.69. The van der Waals surface area contributed by atoms with E-state index in [0.29, 0.717) is 6.29 Å². The lowest BCUT2D eigenvalue weighted by Crippen LogP contribution is -2.35. The molecule has 0 saturated carbocycles. The molecule has 0 spiro atoms. The summed E-state index contributed by atoms with van der Waals surface area (Å²) in [6.07, 6.45) is 2.30. The van der Waals surface area contributed by atoms with E-state index in [1.165, 1.54) is 12.3 Å². The van der Waals surface area contributed by atoms with Crippen LogP contribution in [0.1, 0.15) is 38.8 Å². The van der Waals surface area contributed by atoms with Crippen LogP contribution < -0.4 is 5.32 Å². The minimum atomic E-state index is -0.768. The van der Waals surface area contributed by atoms with Gasteiger partial charge in [-0.25, -0.2) is 9.18 Å². The smallest absolute Gasteiger partial charge is 0.408 e. The van der Waals surface area contributed by atoms with E-state index in [1.807, 2.05) is 0 Å². The van der Waals surface area contributed by atoms with Crippen molar-refractivity contribution >= 4 is 12.4 Å². The van der Waals surface area contributed by atoms with Crippen LogP contribution in [-0.2, 0) is 9.53 Å². The second kappa shape index (κ2) is 6.26. The van der Waals surface area contributed by atoms with Crippen LogP contribution in [-0.4, -0.2) is 23.0 Å². The van der Waals surface area contributed by atoms with E-state index in [-0.39, 0.29) is 12.0 Å². The lowest BCUT2D eigenvalue weighted by molar-refractivity contribution is -0.108. The van der Waals surface area contributed by atoms with Crippen molar-refractivity contribution in [1.82, 2.24) is 10.3 Å². The molecule has 0 bridgehead atoms. The van der Waals surface area contributed by atoms with Crippen LogP contribution >= 0.6 is 0 Å². The van der Waals surface area contributed by atoms with E-state index in [1.54, 1.807) is 20.8 Å². The van der Waals surface area contributed by atoms with Crippen LogP contribution in [0.5, 0.6) is 0 Å². The van der Waals surface area contributed by atoms with Gasteiger partial charge in [0, 0.05) is 18.2 Å². The maximum Gasteiger partial charge on any atom is 0.408 e. The molecular weight excluding hydrogens is 251 g/mol. The number of nitrogens with zero attached hydrogens (tertiary/aromatic N) is 1. The number of hydrogen-bond donors (Lipinski definition) is 1. The third kappa shape index (κ3) is 5.03. The van der Waals surface area contributed by atoms with Gasteiger partial charge >= 0.3 is 6.09 Å². The molecular formula is C13H17FN2O3. The molecule has 0 fully saturated rings. The Balaban J connectivity index is 2.82. The van der Waals surface area contributed by atoms with Crippen LogP contribution in [0.2, 0.25) is 0 Å². The highest BCUT2D eigenvalue weighted by atomic mass is 19.1. The molecule has 0 aromatic carbocycles. The third-order valence-electron chi connectivity index (χ3n) is 2.20. The number of hydrogen-bond acceptors (Lipinski definition) is 4. The monoisotopic (exact) mass is 268 g/mol. The molecule has 0 unspecified atom stereocenters. The molecule has 0 aliphatic heterocycles. The Labute approximate surface area is 111 Å². The van der Waals surface area contributed by atoms with Crippen LogP contribution in [0.3, 0.4) is 0 Å². The van der Waals surface area contributed by atoms with Crippen LogP contribution in [0.25, 0.3) is 0 Å². The number of alkyl carbamates (subject to hydrolysis) is 1. The lowest BCUT2D eigenvalue weighted by atomic mass is 10.1. The Morgan fingerprint density at radius 3 is 2.79 bits per heavy atom. The van der Waals surface area contributed by atoms with Crippen molar-refractivity contribution in [3.63, 3.8) is 0 Å². The summed E-state index contributed by atoms with van der Waals surface area (Å²) in [5, 5.41) is 2.47. The quantitative estimate of drug-likeness (QED) is 0.851. The van der Waals surface area contributed by atoms with E-state index >= 15 is 0 Å².